The number of carbonyl (C=O) groups is 3. The number of hydrogen-bond donors (Lipinski definition) is 0. The topological polar surface area (TPSA) is 78.9 Å². The van der Waals surface area contributed by atoms with Gasteiger partial charge in [0.2, 0.25) is 0 Å². The minimum Gasteiger partial charge on any atom is -0.462 e. The molecule has 0 rings (SSSR count). The maximum Gasteiger partial charge on any atom is 0.306 e. The summed E-state index contributed by atoms with van der Waals surface area (Å²) >= 11 is 0. The summed E-state index contributed by atoms with van der Waals surface area (Å²) in [5, 5.41) is 0. The lowest BCUT2D eigenvalue weighted by atomic mass is 9.99. The van der Waals surface area contributed by atoms with Crippen molar-refractivity contribution in [2.75, 3.05) is 13.2 Å². The summed E-state index contributed by atoms with van der Waals surface area (Å²) in [6.07, 6.45) is 56.7. The zero-order valence-corrected chi connectivity index (χ0v) is 45.3. The Bertz CT molecular complexity index is 1010. The van der Waals surface area contributed by atoms with Crippen LogP contribution in [0, 0.1) is 11.8 Å². The first kappa shape index (κ1) is 64.4. The Balaban J connectivity index is 4.21. The molecule has 0 aromatic carbocycles. The summed E-state index contributed by atoms with van der Waals surface area (Å²) in [6.45, 7) is 11.5. The van der Waals surface area contributed by atoms with E-state index in [9.17, 15) is 14.4 Å². The molecule has 392 valence electrons. The molecule has 0 heterocycles. The largest absolute Gasteiger partial charge is 0.462 e. The summed E-state index contributed by atoms with van der Waals surface area (Å²) in [5.74, 6) is 0.910. The smallest absolute Gasteiger partial charge is 0.306 e. The van der Waals surface area contributed by atoms with Crippen LogP contribution in [0.15, 0.2) is 0 Å². The van der Waals surface area contributed by atoms with Gasteiger partial charge in [-0.25, -0.2) is 0 Å². The molecular formula is C60H116O6. The van der Waals surface area contributed by atoms with Gasteiger partial charge in [0.1, 0.15) is 13.2 Å². The molecule has 0 N–H and O–H groups in total. The molecule has 0 radical (unpaired) electrons. The Morgan fingerprint density at radius 2 is 0.576 bits per heavy atom. The van der Waals surface area contributed by atoms with Crippen LogP contribution in [-0.2, 0) is 28.6 Å². The number of esters is 3. The van der Waals surface area contributed by atoms with E-state index in [1.54, 1.807) is 0 Å². The van der Waals surface area contributed by atoms with Crippen molar-refractivity contribution in [3.63, 3.8) is 0 Å². The predicted octanol–water partition coefficient (Wildman–Crippen LogP) is 19.7. The van der Waals surface area contributed by atoms with Gasteiger partial charge in [-0.3, -0.25) is 14.4 Å². The fourth-order valence-electron chi connectivity index (χ4n) is 9.20. The first-order valence-electron chi connectivity index (χ1n) is 29.8. The lowest BCUT2D eigenvalue weighted by molar-refractivity contribution is -0.167. The molecule has 6 heteroatoms. The highest BCUT2D eigenvalue weighted by Gasteiger charge is 2.19. The van der Waals surface area contributed by atoms with Gasteiger partial charge < -0.3 is 14.2 Å². The Morgan fingerprint density at radius 3 is 0.864 bits per heavy atom. The molecule has 0 aromatic rings. The van der Waals surface area contributed by atoms with E-state index in [1.165, 1.54) is 225 Å². The normalized spacial score (nSPS) is 12.5. The first-order valence-corrected chi connectivity index (χ1v) is 29.8. The standard InChI is InChI=1S/C60H116O6/c1-6-8-9-10-11-12-30-35-40-45-50-58(61)64-53-57(54-65-59(62)51-46-41-36-31-26-23-19-20-24-28-33-38-43-48-55(3)4)66-60(63)52-47-42-37-32-27-22-18-16-14-13-15-17-21-25-29-34-39-44-49-56(5)7-2/h55-57H,6-54H2,1-5H3/t56?,57-/m1/s1. The second kappa shape index (κ2) is 52.8. The second-order valence-electron chi connectivity index (χ2n) is 21.4. The average Bonchev–Trinajstić information content (AvgIpc) is 3.30. The summed E-state index contributed by atoms with van der Waals surface area (Å²) in [5.41, 5.74) is 0. The quantitative estimate of drug-likeness (QED) is 0.0343. The van der Waals surface area contributed by atoms with Gasteiger partial charge in [-0.15, -0.1) is 0 Å². The highest BCUT2D eigenvalue weighted by atomic mass is 16.6. The molecular weight excluding hydrogens is 817 g/mol. The van der Waals surface area contributed by atoms with Gasteiger partial charge in [-0.05, 0) is 31.1 Å². The van der Waals surface area contributed by atoms with Crippen molar-refractivity contribution in [2.45, 2.75) is 343 Å². The van der Waals surface area contributed by atoms with E-state index in [1.807, 2.05) is 0 Å². The highest BCUT2D eigenvalue weighted by molar-refractivity contribution is 5.71. The van der Waals surface area contributed by atoms with E-state index < -0.39 is 6.10 Å². The number of unbranched alkanes of at least 4 members (excludes halogenated alkanes) is 38. The van der Waals surface area contributed by atoms with E-state index in [-0.39, 0.29) is 31.1 Å². The fourth-order valence-corrected chi connectivity index (χ4v) is 9.20. The lowest BCUT2D eigenvalue weighted by Gasteiger charge is -2.18. The van der Waals surface area contributed by atoms with Crippen LogP contribution in [0.2, 0.25) is 0 Å². The van der Waals surface area contributed by atoms with Gasteiger partial charge in [0.05, 0.1) is 0 Å². The van der Waals surface area contributed by atoms with Gasteiger partial charge >= 0.3 is 17.9 Å². The van der Waals surface area contributed by atoms with Crippen LogP contribution in [0.1, 0.15) is 336 Å². The number of ether oxygens (including phenoxy) is 3. The Kier molecular flexibility index (Phi) is 51.5. The van der Waals surface area contributed by atoms with Gasteiger partial charge in [-0.2, -0.15) is 0 Å². The molecule has 0 saturated carbocycles. The van der Waals surface area contributed by atoms with Crippen molar-refractivity contribution in [2.24, 2.45) is 11.8 Å². The molecule has 0 aliphatic heterocycles. The molecule has 0 bridgehead atoms. The van der Waals surface area contributed by atoms with Crippen molar-refractivity contribution in [1.82, 2.24) is 0 Å². The van der Waals surface area contributed by atoms with E-state index in [4.69, 9.17) is 14.2 Å². The summed E-state index contributed by atoms with van der Waals surface area (Å²) in [7, 11) is 0. The maximum absolute atomic E-state index is 12.9. The van der Waals surface area contributed by atoms with Crippen molar-refractivity contribution in [1.29, 1.82) is 0 Å². The molecule has 0 aromatic heterocycles. The van der Waals surface area contributed by atoms with Gasteiger partial charge in [0, 0.05) is 19.3 Å². The average molecular weight is 934 g/mol. The maximum atomic E-state index is 12.9. The molecule has 0 aliphatic rings. The van der Waals surface area contributed by atoms with Crippen LogP contribution in [0.3, 0.4) is 0 Å². The first-order chi connectivity index (χ1) is 32.3. The number of hydrogen-bond acceptors (Lipinski definition) is 6. The Morgan fingerprint density at radius 1 is 0.318 bits per heavy atom. The molecule has 66 heavy (non-hydrogen) atoms. The zero-order chi connectivity index (χ0) is 48.2. The van der Waals surface area contributed by atoms with Crippen molar-refractivity contribution >= 4 is 17.9 Å². The third kappa shape index (κ3) is 51.8. The number of rotatable bonds is 54. The molecule has 2 atom stereocenters. The van der Waals surface area contributed by atoms with Crippen LogP contribution in [-0.4, -0.2) is 37.2 Å². The predicted molar refractivity (Wildman–Crippen MR) is 284 cm³/mol. The van der Waals surface area contributed by atoms with Gasteiger partial charge in [0.25, 0.3) is 0 Å². The molecule has 0 spiro atoms. The summed E-state index contributed by atoms with van der Waals surface area (Å²) < 4.78 is 16.9. The van der Waals surface area contributed by atoms with E-state index in [0.29, 0.717) is 19.3 Å². The van der Waals surface area contributed by atoms with Crippen molar-refractivity contribution < 1.29 is 28.6 Å². The van der Waals surface area contributed by atoms with Crippen LogP contribution < -0.4 is 0 Å². The van der Waals surface area contributed by atoms with Crippen LogP contribution >= 0.6 is 0 Å². The Labute approximate surface area is 412 Å². The SMILES string of the molecule is CCCCCCCCCCCCC(=O)OC[C@H](COC(=O)CCCCCCCCCCCCCCCC(C)C)OC(=O)CCCCCCCCCCCCCCCCCCCCC(C)CC. The summed E-state index contributed by atoms with van der Waals surface area (Å²) in [4.78, 5) is 38.1. The van der Waals surface area contributed by atoms with Crippen LogP contribution in [0.5, 0.6) is 0 Å². The number of carbonyl (C=O) groups excluding carboxylic acids is 3. The highest BCUT2D eigenvalue weighted by Crippen LogP contribution is 2.19. The third-order valence-corrected chi connectivity index (χ3v) is 14.1. The molecule has 0 fully saturated rings. The van der Waals surface area contributed by atoms with E-state index in [2.05, 4.69) is 34.6 Å². The fraction of sp³-hybridized carbons (Fsp3) is 0.950. The van der Waals surface area contributed by atoms with Crippen molar-refractivity contribution in [3.05, 3.63) is 0 Å². The van der Waals surface area contributed by atoms with Crippen molar-refractivity contribution in [3.8, 4) is 0 Å². The molecule has 0 aliphatic carbocycles. The molecule has 0 amide bonds. The van der Waals surface area contributed by atoms with Gasteiger partial charge in [-0.1, -0.05) is 298 Å². The minimum atomic E-state index is -0.762. The lowest BCUT2D eigenvalue weighted by Crippen LogP contribution is -2.30. The molecule has 0 saturated heterocycles. The second-order valence-corrected chi connectivity index (χ2v) is 21.4. The monoisotopic (exact) mass is 933 g/mol. The molecule has 6 nitrogen and oxygen atoms in total. The van der Waals surface area contributed by atoms with E-state index >= 15 is 0 Å². The zero-order valence-electron chi connectivity index (χ0n) is 45.3. The van der Waals surface area contributed by atoms with Crippen LogP contribution in [0.25, 0.3) is 0 Å². The van der Waals surface area contributed by atoms with Gasteiger partial charge in [0.15, 0.2) is 6.10 Å². The summed E-state index contributed by atoms with van der Waals surface area (Å²) in [6, 6.07) is 0. The third-order valence-electron chi connectivity index (χ3n) is 14.1. The van der Waals surface area contributed by atoms with E-state index in [0.717, 1.165) is 69.6 Å². The Hall–Kier alpha value is -1.59. The van der Waals surface area contributed by atoms with Crippen LogP contribution in [0.4, 0.5) is 0 Å². The minimum absolute atomic E-state index is 0.0626. The molecule has 1 unspecified atom stereocenters.